The molecule has 0 amide bonds. The van der Waals surface area contributed by atoms with E-state index in [2.05, 4.69) is 55.6 Å². The highest BCUT2D eigenvalue weighted by atomic mass is 16.3. The standard InChI is InChI=1S/C15H22N2O/c1-5-15-16-13-8-11(12(9-18)10(2)3)6-7-14(13)17(15)4/h6-8,10,12,18H,5,9H2,1-4H3. The molecule has 0 bridgehead atoms. The fraction of sp³-hybridized carbons (Fsp3) is 0.533. The van der Waals surface area contributed by atoms with Crippen molar-refractivity contribution in [1.82, 2.24) is 9.55 Å². The van der Waals surface area contributed by atoms with E-state index in [0.29, 0.717) is 5.92 Å². The Morgan fingerprint density at radius 3 is 2.61 bits per heavy atom. The van der Waals surface area contributed by atoms with Gasteiger partial charge in [-0.05, 0) is 23.6 Å². The van der Waals surface area contributed by atoms with Gasteiger partial charge in [0.2, 0.25) is 0 Å². The zero-order valence-corrected chi connectivity index (χ0v) is 11.6. The number of fused-ring (bicyclic) bond motifs is 1. The van der Waals surface area contributed by atoms with Crippen LogP contribution in [0.5, 0.6) is 0 Å². The molecule has 3 nitrogen and oxygen atoms in total. The van der Waals surface area contributed by atoms with Crippen LogP contribution >= 0.6 is 0 Å². The lowest BCUT2D eigenvalue weighted by molar-refractivity contribution is 0.237. The van der Waals surface area contributed by atoms with Crippen LogP contribution < -0.4 is 0 Å². The van der Waals surface area contributed by atoms with Gasteiger partial charge in [-0.15, -0.1) is 0 Å². The number of rotatable bonds is 4. The van der Waals surface area contributed by atoms with Gasteiger partial charge in [0.25, 0.3) is 0 Å². The molecule has 2 aromatic rings. The van der Waals surface area contributed by atoms with Crippen molar-refractivity contribution >= 4 is 11.0 Å². The predicted molar refractivity (Wildman–Crippen MR) is 74.8 cm³/mol. The first kappa shape index (κ1) is 13.1. The average molecular weight is 246 g/mol. The topological polar surface area (TPSA) is 38.1 Å². The van der Waals surface area contributed by atoms with E-state index < -0.39 is 0 Å². The molecule has 1 N–H and O–H groups in total. The second-order valence-corrected chi connectivity index (χ2v) is 5.22. The highest BCUT2D eigenvalue weighted by Crippen LogP contribution is 2.27. The van der Waals surface area contributed by atoms with Crippen molar-refractivity contribution in [2.75, 3.05) is 6.61 Å². The van der Waals surface area contributed by atoms with Crippen molar-refractivity contribution in [2.24, 2.45) is 13.0 Å². The van der Waals surface area contributed by atoms with Gasteiger partial charge in [0.15, 0.2) is 0 Å². The lowest BCUT2D eigenvalue weighted by atomic mass is 9.89. The molecule has 1 unspecified atom stereocenters. The van der Waals surface area contributed by atoms with Crippen LogP contribution in [0, 0.1) is 5.92 Å². The van der Waals surface area contributed by atoms with Gasteiger partial charge < -0.3 is 9.67 Å². The molecule has 0 radical (unpaired) electrons. The van der Waals surface area contributed by atoms with Gasteiger partial charge >= 0.3 is 0 Å². The molecule has 0 spiro atoms. The summed E-state index contributed by atoms with van der Waals surface area (Å²) in [4.78, 5) is 4.65. The quantitative estimate of drug-likeness (QED) is 0.900. The molecule has 3 heteroatoms. The van der Waals surface area contributed by atoms with Gasteiger partial charge in [-0.1, -0.05) is 26.8 Å². The van der Waals surface area contributed by atoms with Crippen LogP contribution in [-0.2, 0) is 13.5 Å². The molecule has 0 aliphatic heterocycles. The van der Waals surface area contributed by atoms with E-state index in [1.807, 2.05) is 0 Å². The van der Waals surface area contributed by atoms with Gasteiger partial charge in [0.1, 0.15) is 5.82 Å². The lowest BCUT2D eigenvalue weighted by Crippen LogP contribution is -2.11. The maximum Gasteiger partial charge on any atom is 0.109 e. The zero-order chi connectivity index (χ0) is 13.3. The summed E-state index contributed by atoms with van der Waals surface area (Å²) < 4.78 is 2.14. The van der Waals surface area contributed by atoms with E-state index in [1.54, 1.807) is 0 Å². The maximum atomic E-state index is 9.50. The molecule has 18 heavy (non-hydrogen) atoms. The van der Waals surface area contributed by atoms with Crippen LogP contribution in [0.1, 0.15) is 38.1 Å². The lowest BCUT2D eigenvalue weighted by Gasteiger charge is -2.18. The number of imidazole rings is 1. The van der Waals surface area contributed by atoms with Gasteiger partial charge in [-0.3, -0.25) is 0 Å². The van der Waals surface area contributed by atoms with Gasteiger partial charge in [-0.2, -0.15) is 0 Å². The third-order valence-corrected chi connectivity index (χ3v) is 3.74. The number of benzene rings is 1. The largest absolute Gasteiger partial charge is 0.396 e. The summed E-state index contributed by atoms with van der Waals surface area (Å²) in [7, 11) is 2.06. The molecule has 2 rings (SSSR count). The first-order chi connectivity index (χ1) is 8.58. The zero-order valence-electron chi connectivity index (χ0n) is 11.6. The minimum Gasteiger partial charge on any atom is -0.396 e. The summed E-state index contributed by atoms with van der Waals surface area (Å²) in [5.41, 5.74) is 3.38. The van der Waals surface area contributed by atoms with Crippen LogP contribution in [0.3, 0.4) is 0 Å². The molecule has 98 valence electrons. The highest BCUT2D eigenvalue weighted by molar-refractivity contribution is 5.77. The molecule has 0 saturated heterocycles. The summed E-state index contributed by atoms with van der Waals surface area (Å²) in [6, 6.07) is 6.35. The Labute approximate surface area is 108 Å². The summed E-state index contributed by atoms with van der Waals surface area (Å²) in [6.45, 7) is 6.59. The van der Waals surface area contributed by atoms with Crippen LogP contribution in [0.4, 0.5) is 0 Å². The number of hydrogen-bond acceptors (Lipinski definition) is 2. The maximum absolute atomic E-state index is 9.50. The highest BCUT2D eigenvalue weighted by Gasteiger charge is 2.16. The molecule has 0 aliphatic rings. The van der Waals surface area contributed by atoms with E-state index in [1.165, 1.54) is 5.56 Å². The van der Waals surface area contributed by atoms with E-state index >= 15 is 0 Å². The minimum atomic E-state index is 0.191. The Balaban J connectivity index is 2.50. The Morgan fingerprint density at radius 1 is 1.33 bits per heavy atom. The molecule has 0 fully saturated rings. The van der Waals surface area contributed by atoms with Gasteiger partial charge in [0.05, 0.1) is 17.6 Å². The summed E-state index contributed by atoms with van der Waals surface area (Å²) >= 11 is 0. The Bertz CT molecular complexity index is 543. The van der Waals surface area contributed by atoms with Crippen molar-refractivity contribution in [1.29, 1.82) is 0 Å². The van der Waals surface area contributed by atoms with E-state index in [4.69, 9.17) is 0 Å². The number of aromatic nitrogens is 2. The summed E-state index contributed by atoms with van der Waals surface area (Å²) in [5, 5.41) is 9.50. The van der Waals surface area contributed by atoms with Crippen LogP contribution in [0.2, 0.25) is 0 Å². The normalized spacial score (nSPS) is 13.4. The van der Waals surface area contributed by atoms with Crippen molar-refractivity contribution in [3.05, 3.63) is 29.6 Å². The van der Waals surface area contributed by atoms with Crippen molar-refractivity contribution < 1.29 is 5.11 Å². The first-order valence-corrected chi connectivity index (χ1v) is 6.64. The average Bonchev–Trinajstić information content (AvgIpc) is 2.66. The predicted octanol–water partition coefficient (Wildman–Crippen LogP) is 2.87. The Kier molecular flexibility index (Phi) is 3.71. The van der Waals surface area contributed by atoms with Crippen molar-refractivity contribution in [3.8, 4) is 0 Å². The molecule has 1 aromatic carbocycles. The smallest absolute Gasteiger partial charge is 0.109 e. The molecule has 0 saturated carbocycles. The van der Waals surface area contributed by atoms with Crippen molar-refractivity contribution in [3.63, 3.8) is 0 Å². The fourth-order valence-corrected chi connectivity index (χ4v) is 2.51. The Morgan fingerprint density at radius 2 is 2.06 bits per heavy atom. The molecule has 1 heterocycles. The molecule has 1 aromatic heterocycles. The summed E-state index contributed by atoms with van der Waals surface area (Å²) in [6.07, 6.45) is 0.939. The second-order valence-electron chi connectivity index (χ2n) is 5.22. The Hall–Kier alpha value is -1.35. The van der Waals surface area contributed by atoms with Gasteiger partial charge in [-0.25, -0.2) is 4.98 Å². The molecule has 0 aliphatic carbocycles. The van der Waals surface area contributed by atoms with Gasteiger partial charge in [0, 0.05) is 19.4 Å². The third-order valence-electron chi connectivity index (χ3n) is 3.74. The van der Waals surface area contributed by atoms with E-state index in [9.17, 15) is 5.11 Å². The molecular weight excluding hydrogens is 224 g/mol. The molecular formula is C15H22N2O. The number of aliphatic hydroxyl groups excluding tert-OH is 1. The van der Waals surface area contributed by atoms with Crippen molar-refractivity contribution in [2.45, 2.75) is 33.1 Å². The second kappa shape index (κ2) is 5.11. The minimum absolute atomic E-state index is 0.191. The van der Waals surface area contributed by atoms with E-state index in [-0.39, 0.29) is 12.5 Å². The van der Waals surface area contributed by atoms with E-state index in [0.717, 1.165) is 23.3 Å². The van der Waals surface area contributed by atoms with Crippen LogP contribution in [0.15, 0.2) is 18.2 Å². The number of aryl methyl sites for hydroxylation is 2. The molecule has 1 atom stereocenters. The SMILES string of the molecule is CCc1nc2cc(C(CO)C(C)C)ccc2n1C. The first-order valence-electron chi connectivity index (χ1n) is 6.64. The summed E-state index contributed by atoms with van der Waals surface area (Å²) in [5.74, 6) is 1.73. The number of nitrogens with zero attached hydrogens (tertiary/aromatic N) is 2. The van der Waals surface area contributed by atoms with Crippen LogP contribution in [-0.4, -0.2) is 21.3 Å². The monoisotopic (exact) mass is 246 g/mol. The third kappa shape index (κ3) is 2.15. The number of aliphatic hydroxyl groups is 1. The number of hydrogen-bond donors (Lipinski definition) is 1. The van der Waals surface area contributed by atoms with Crippen LogP contribution in [0.25, 0.3) is 11.0 Å². The fourth-order valence-electron chi connectivity index (χ4n) is 2.51.